The topological polar surface area (TPSA) is 94.2 Å². The number of fused-ring (bicyclic) bond motifs is 2. The predicted octanol–water partition coefficient (Wildman–Crippen LogP) is 2.31. The Morgan fingerprint density at radius 2 is 1.83 bits per heavy atom. The van der Waals surface area contributed by atoms with Crippen LogP contribution in [0.15, 0.2) is 42.5 Å². The van der Waals surface area contributed by atoms with E-state index in [1.54, 1.807) is 56.3 Å². The van der Waals surface area contributed by atoms with E-state index in [9.17, 15) is 14.4 Å². The molecular weight excluding hydrogens is 388 g/mol. The first-order chi connectivity index (χ1) is 14.4. The first-order valence-corrected chi connectivity index (χ1v) is 9.64. The van der Waals surface area contributed by atoms with Crippen molar-refractivity contribution in [3.8, 4) is 11.5 Å². The number of nitrogens with one attached hydrogen (secondary N) is 1. The molecule has 2 heterocycles. The lowest BCUT2D eigenvalue weighted by Gasteiger charge is -2.41. The van der Waals surface area contributed by atoms with E-state index < -0.39 is 24.0 Å². The van der Waals surface area contributed by atoms with Crippen LogP contribution in [0.5, 0.6) is 11.5 Å². The van der Waals surface area contributed by atoms with E-state index in [1.807, 2.05) is 0 Å². The quantitative estimate of drug-likeness (QED) is 0.778. The first-order valence-electron chi connectivity index (χ1n) is 9.64. The van der Waals surface area contributed by atoms with E-state index in [0.29, 0.717) is 41.7 Å². The van der Waals surface area contributed by atoms with Crippen molar-refractivity contribution in [2.24, 2.45) is 0 Å². The molecule has 2 aromatic carbocycles. The number of benzene rings is 2. The molecule has 0 bridgehead atoms. The van der Waals surface area contributed by atoms with Crippen LogP contribution in [-0.4, -0.2) is 43.1 Å². The molecule has 1 N–H and O–H groups in total. The Bertz CT molecular complexity index is 1020. The van der Waals surface area contributed by atoms with Gasteiger partial charge in [0.15, 0.2) is 18.1 Å². The van der Waals surface area contributed by atoms with Crippen molar-refractivity contribution >= 4 is 29.2 Å². The van der Waals surface area contributed by atoms with E-state index in [0.717, 1.165) is 0 Å². The van der Waals surface area contributed by atoms with Crippen LogP contribution in [0.4, 0.5) is 11.4 Å². The number of hydrogen-bond acceptors (Lipinski definition) is 6. The summed E-state index contributed by atoms with van der Waals surface area (Å²) >= 11 is 0. The summed E-state index contributed by atoms with van der Waals surface area (Å²) in [6, 6.07) is 12.2. The molecule has 0 atom stereocenters. The highest BCUT2D eigenvalue weighted by Crippen LogP contribution is 2.36. The van der Waals surface area contributed by atoms with Gasteiger partial charge in [-0.2, -0.15) is 0 Å². The molecule has 8 nitrogen and oxygen atoms in total. The number of rotatable bonds is 4. The van der Waals surface area contributed by atoms with E-state index in [4.69, 9.17) is 14.2 Å². The number of hydrogen-bond donors (Lipinski definition) is 1. The number of esters is 1. The van der Waals surface area contributed by atoms with Crippen LogP contribution in [0.1, 0.15) is 19.4 Å². The minimum atomic E-state index is -1.12. The highest BCUT2D eigenvalue weighted by molar-refractivity contribution is 6.14. The SMILES string of the molecule is CC1(C)C(=O)Nc2ccccc2N1C(=O)COC(=O)Cc1ccc2c(c1)OCCO2. The van der Waals surface area contributed by atoms with Crippen LogP contribution in [0, 0.1) is 0 Å². The fourth-order valence-corrected chi connectivity index (χ4v) is 3.52. The van der Waals surface area contributed by atoms with Crippen molar-refractivity contribution in [2.45, 2.75) is 25.8 Å². The maximum absolute atomic E-state index is 12.9. The molecule has 0 spiro atoms. The average molecular weight is 410 g/mol. The zero-order valence-electron chi connectivity index (χ0n) is 16.8. The van der Waals surface area contributed by atoms with Gasteiger partial charge in [0.05, 0.1) is 17.8 Å². The van der Waals surface area contributed by atoms with Gasteiger partial charge in [-0.1, -0.05) is 18.2 Å². The summed E-state index contributed by atoms with van der Waals surface area (Å²) in [5, 5.41) is 2.79. The number of carbonyl (C=O) groups is 3. The highest BCUT2D eigenvalue weighted by atomic mass is 16.6. The molecule has 0 aliphatic carbocycles. The average Bonchev–Trinajstić information content (AvgIpc) is 2.73. The van der Waals surface area contributed by atoms with Gasteiger partial charge in [0.25, 0.3) is 5.91 Å². The van der Waals surface area contributed by atoms with E-state index in [2.05, 4.69) is 5.32 Å². The monoisotopic (exact) mass is 410 g/mol. The molecule has 2 aromatic rings. The molecule has 2 aliphatic heterocycles. The molecule has 0 saturated carbocycles. The van der Waals surface area contributed by atoms with Gasteiger partial charge < -0.3 is 19.5 Å². The Morgan fingerprint density at radius 3 is 2.63 bits per heavy atom. The fraction of sp³-hybridized carbons (Fsp3) is 0.318. The third-order valence-corrected chi connectivity index (χ3v) is 5.07. The molecule has 2 amide bonds. The lowest BCUT2D eigenvalue weighted by atomic mass is 9.96. The Labute approximate surface area is 173 Å². The predicted molar refractivity (Wildman–Crippen MR) is 109 cm³/mol. The second kappa shape index (κ2) is 7.70. The van der Waals surface area contributed by atoms with Crippen LogP contribution >= 0.6 is 0 Å². The summed E-state index contributed by atoms with van der Waals surface area (Å²) in [4.78, 5) is 39.0. The van der Waals surface area contributed by atoms with E-state index in [1.165, 1.54) is 4.90 Å². The Kier molecular flexibility index (Phi) is 5.07. The summed E-state index contributed by atoms with van der Waals surface area (Å²) < 4.78 is 16.2. The van der Waals surface area contributed by atoms with E-state index in [-0.39, 0.29) is 12.3 Å². The third kappa shape index (κ3) is 3.68. The molecule has 0 saturated heterocycles. The Morgan fingerprint density at radius 1 is 1.10 bits per heavy atom. The Hall–Kier alpha value is -3.55. The van der Waals surface area contributed by atoms with Gasteiger partial charge in [0.2, 0.25) is 5.91 Å². The van der Waals surface area contributed by atoms with Gasteiger partial charge >= 0.3 is 5.97 Å². The van der Waals surface area contributed by atoms with Crippen molar-refractivity contribution in [1.82, 2.24) is 0 Å². The van der Waals surface area contributed by atoms with Gasteiger partial charge in [-0.25, -0.2) is 0 Å². The standard InChI is InChI=1S/C22H22N2O6/c1-22(2)21(27)23-15-5-3-4-6-16(15)24(22)19(25)13-30-20(26)12-14-7-8-17-18(11-14)29-10-9-28-17/h3-8,11H,9-10,12-13H2,1-2H3,(H,23,27). The van der Waals surface area contributed by atoms with Gasteiger partial charge in [-0.15, -0.1) is 0 Å². The van der Waals surface area contributed by atoms with Crippen LogP contribution < -0.4 is 19.7 Å². The molecule has 0 radical (unpaired) electrons. The van der Waals surface area contributed by atoms with Crippen molar-refractivity contribution in [3.05, 3.63) is 48.0 Å². The highest BCUT2D eigenvalue weighted by Gasteiger charge is 2.43. The number of anilines is 2. The van der Waals surface area contributed by atoms with E-state index >= 15 is 0 Å². The Balaban J connectivity index is 1.43. The van der Waals surface area contributed by atoms with Crippen molar-refractivity contribution < 1.29 is 28.6 Å². The van der Waals surface area contributed by atoms with Crippen molar-refractivity contribution in [2.75, 3.05) is 30.0 Å². The third-order valence-electron chi connectivity index (χ3n) is 5.07. The van der Waals surface area contributed by atoms with Gasteiger partial charge in [-0.3, -0.25) is 19.3 Å². The molecule has 0 fully saturated rings. The van der Waals surface area contributed by atoms with Crippen LogP contribution in [0.25, 0.3) is 0 Å². The lowest BCUT2D eigenvalue weighted by Crippen LogP contribution is -2.59. The van der Waals surface area contributed by atoms with Crippen molar-refractivity contribution in [3.63, 3.8) is 0 Å². The minimum absolute atomic E-state index is 0.00954. The minimum Gasteiger partial charge on any atom is -0.486 e. The molecule has 8 heteroatoms. The largest absolute Gasteiger partial charge is 0.486 e. The first kappa shape index (κ1) is 19.8. The molecule has 0 aromatic heterocycles. The lowest BCUT2D eigenvalue weighted by molar-refractivity contribution is -0.147. The maximum Gasteiger partial charge on any atom is 0.310 e. The molecule has 0 unspecified atom stereocenters. The molecule has 2 aliphatic rings. The fourth-order valence-electron chi connectivity index (χ4n) is 3.52. The summed E-state index contributed by atoms with van der Waals surface area (Å²) in [5.41, 5.74) is 0.681. The van der Waals surface area contributed by atoms with Gasteiger partial charge in [0.1, 0.15) is 18.8 Å². The number of amides is 2. The second-order valence-electron chi connectivity index (χ2n) is 7.57. The molecule has 156 valence electrons. The van der Waals surface area contributed by atoms with Gasteiger partial charge in [0, 0.05) is 0 Å². The van der Waals surface area contributed by atoms with Crippen LogP contribution in [-0.2, 0) is 25.5 Å². The number of para-hydroxylation sites is 2. The summed E-state index contributed by atoms with van der Waals surface area (Å²) in [6.45, 7) is 3.77. The molecular formula is C22H22N2O6. The number of nitrogens with zero attached hydrogens (tertiary/aromatic N) is 1. The maximum atomic E-state index is 12.9. The van der Waals surface area contributed by atoms with Gasteiger partial charge in [-0.05, 0) is 43.7 Å². The smallest absolute Gasteiger partial charge is 0.310 e. The zero-order valence-corrected chi connectivity index (χ0v) is 16.8. The zero-order chi connectivity index (χ0) is 21.3. The normalized spacial score (nSPS) is 16.3. The number of ether oxygens (including phenoxy) is 3. The summed E-state index contributed by atoms with van der Waals surface area (Å²) in [6.07, 6.45) is -0.00954. The van der Waals surface area contributed by atoms with Crippen LogP contribution in [0.3, 0.4) is 0 Å². The van der Waals surface area contributed by atoms with Crippen molar-refractivity contribution in [1.29, 1.82) is 0 Å². The van der Waals surface area contributed by atoms with Crippen LogP contribution in [0.2, 0.25) is 0 Å². The molecule has 4 rings (SSSR count). The summed E-state index contributed by atoms with van der Waals surface area (Å²) in [7, 11) is 0. The molecule has 30 heavy (non-hydrogen) atoms. The number of carbonyl (C=O) groups excluding carboxylic acids is 3. The second-order valence-corrected chi connectivity index (χ2v) is 7.57. The summed E-state index contributed by atoms with van der Waals surface area (Å²) in [5.74, 6) is -0.110.